The van der Waals surface area contributed by atoms with Crippen molar-refractivity contribution >= 4 is 29.1 Å². The number of aromatic nitrogens is 4. The summed E-state index contributed by atoms with van der Waals surface area (Å²) in [5, 5.41) is 9.39. The second-order valence-corrected chi connectivity index (χ2v) is 8.75. The molecule has 208 valence electrons. The van der Waals surface area contributed by atoms with E-state index in [4.69, 9.17) is 26.5 Å². The van der Waals surface area contributed by atoms with Crippen LogP contribution in [0.5, 0.6) is 5.75 Å². The van der Waals surface area contributed by atoms with E-state index >= 15 is 0 Å². The van der Waals surface area contributed by atoms with E-state index in [9.17, 15) is 27.6 Å². The molecule has 1 unspecified atom stereocenters. The number of methoxy groups -OCH3 is 1. The molecule has 4 rings (SSSR count). The lowest BCUT2D eigenvalue weighted by Gasteiger charge is -2.20. The molecule has 4 aromatic rings. The fourth-order valence-electron chi connectivity index (χ4n) is 3.87. The van der Waals surface area contributed by atoms with Gasteiger partial charge in [0.1, 0.15) is 17.5 Å². The Labute approximate surface area is 228 Å². The summed E-state index contributed by atoms with van der Waals surface area (Å²) in [6, 6.07) is 7.13. The molecule has 40 heavy (non-hydrogen) atoms. The van der Waals surface area contributed by atoms with Crippen LogP contribution in [0.1, 0.15) is 35.8 Å². The van der Waals surface area contributed by atoms with Gasteiger partial charge in [-0.25, -0.2) is 4.98 Å². The number of ether oxygens (including phenoxy) is 1. The average molecular weight is 577 g/mol. The number of hydrogen-bond acceptors (Lipinski definition) is 8. The number of carbonyl (C=O) groups is 2. The number of primary amides is 1. The van der Waals surface area contributed by atoms with Crippen LogP contribution in [0.4, 0.5) is 18.9 Å². The van der Waals surface area contributed by atoms with E-state index in [1.54, 1.807) is 6.92 Å². The number of nitrogens with one attached hydrogen (secondary N) is 1. The fourth-order valence-corrected chi connectivity index (χ4v) is 4.04. The first-order valence-corrected chi connectivity index (χ1v) is 11.9. The summed E-state index contributed by atoms with van der Waals surface area (Å²) in [5.41, 5.74) is 5.25. The van der Waals surface area contributed by atoms with Crippen LogP contribution in [0, 0.1) is 0 Å². The Balaban J connectivity index is 1.73. The number of halogens is 4. The molecule has 0 saturated carbocycles. The van der Waals surface area contributed by atoms with Gasteiger partial charge in [-0.05, 0) is 42.3 Å². The summed E-state index contributed by atoms with van der Waals surface area (Å²) in [5.74, 6) is -3.17. The van der Waals surface area contributed by atoms with Crippen molar-refractivity contribution < 1.29 is 31.9 Å². The zero-order valence-electron chi connectivity index (χ0n) is 20.8. The Morgan fingerprint density at radius 3 is 2.48 bits per heavy atom. The molecule has 1 aromatic carbocycles. The molecule has 0 aliphatic rings. The maximum Gasteiger partial charge on any atom is 0.470 e. The number of pyridine rings is 2. The van der Waals surface area contributed by atoms with E-state index in [0.717, 1.165) is 10.6 Å². The predicted molar refractivity (Wildman–Crippen MR) is 137 cm³/mol. The first-order valence-electron chi connectivity index (χ1n) is 11.5. The van der Waals surface area contributed by atoms with E-state index in [2.05, 4.69) is 20.5 Å². The first kappa shape index (κ1) is 28.3. The van der Waals surface area contributed by atoms with Gasteiger partial charge < -0.3 is 20.2 Å². The van der Waals surface area contributed by atoms with Crippen molar-refractivity contribution in [3.63, 3.8) is 0 Å². The van der Waals surface area contributed by atoms with E-state index in [1.165, 1.54) is 49.8 Å². The molecular weight excluding hydrogens is 557 g/mol. The van der Waals surface area contributed by atoms with Crippen molar-refractivity contribution in [1.82, 2.24) is 19.7 Å². The minimum absolute atomic E-state index is 0.0112. The molecule has 0 saturated heterocycles. The van der Waals surface area contributed by atoms with Crippen molar-refractivity contribution in [3.8, 4) is 28.3 Å². The van der Waals surface area contributed by atoms with Gasteiger partial charge in [0.2, 0.25) is 11.8 Å². The van der Waals surface area contributed by atoms with Crippen LogP contribution in [0.25, 0.3) is 22.6 Å². The number of amides is 2. The standard InChI is InChI=1S/C25H20ClF3N6O5/c1-3-18(22(38)32-13-5-7-17(21(30)37)31-10-13)35-11-19(39-2)16(9-20(35)36)15-8-12(26)4-6-14(15)23-33-34-24(40-23)25(27,28)29/h4-11,18H,3H2,1-2H3,(H2,30,37)(H,32,38). The summed E-state index contributed by atoms with van der Waals surface area (Å²) in [7, 11) is 1.32. The van der Waals surface area contributed by atoms with Gasteiger partial charge in [-0.2, -0.15) is 13.2 Å². The predicted octanol–water partition coefficient (Wildman–Crippen LogP) is 4.33. The number of nitrogens with zero attached hydrogens (tertiary/aromatic N) is 4. The van der Waals surface area contributed by atoms with Crippen LogP contribution < -0.4 is 21.3 Å². The maximum absolute atomic E-state index is 13.3. The summed E-state index contributed by atoms with van der Waals surface area (Å²) in [6.07, 6.45) is -2.10. The summed E-state index contributed by atoms with van der Waals surface area (Å²) >= 11 is 6.16. The van der Waals surface area contributed by atoms with E-state index in [-0.39, 0.29) is 45.3 Å². The van der Waals surface area contributed by atoms with Crippen LogP contribution in [-0.4, -0.2) is 38.7 Å². The topological polar surface area (TPSA) is 155 Å². The Morgan fingerprint density at radius 2 is 1.90 bits per heavy atom. The molecule has 0 aliphatic carbocycles. The van der Waals surface area contributed by atoms with Crippen molar-refractivity contribution in [2.24, 2.45) is 5.73 Å². The lowest BCUT2D eigenvalue weighted by Crippen LogP contribution is -2.32. The highest BCUT2D eigenvalue weighted by molar-refractivity contribution is 6.31. The third kappa shape index (κ3) is 5.81. The van der Waals surface area contributed by atoms with Crippen LogP contribution in [0.15, 0.2) is 58.0 Å². The fraction of sp³-hybridized carbons (Fsp3) is 0.200. The molecule has 1 atom stereocenters. The third-order valence-electron chi connectivity index (χ3n) is 5.74. The third-order valence-corrected chi connectivity index (χ3v) is 5.98. The molecule has 3 aromatic heterocycles. The summed E-state index contributed by atoms with van der Waals surface area (Å²) in [4.78, 5) is 41.4. The van der Waals surface area contributed by atoms with Gasteiger partial charge >= 0.3 is 12.1 Å². The van der Waals surface area contributed by atoms with Gasteiger partial charge in [-0.3, -0.25) is 19.0 Å². The highest BCUT2D eigenvalue weighted by Gasteiger charge is 2.38. The SMILES string of the molecule is CCC(C(=O)Nc1ccc(C(N)=O)nc1)n1cc(OC)c(-c2cc(Cl)ccc2-c2nnc(C(F)(F)F)o2)cc1=O. The first-order chi connectivity index (χ1) is 18.9. The number of alkyl halides is 3. The van der Waals surface area contributed by atoms with Gasteiger partial charge in [0.25, 0.3) is 11.5 Å². The number of anilines is 1. The zero-order chi connectivity index (χ0) is 29.2. The second-order valence-electron chi connectivity index (χ2n) is 8.31. The molecule has 0 spiro atoms. The van der Waals surface area contributed by atoms with Crippen molar-refractivity contribution in [3.05, 3.63) is 75.8 Å². The number of nitrogens with two attached hydrogens (primary N) is 1. The molecule has 3 heterocycles. The van der Waals surface area contributed by atoms with Gasteiger partial charge in [0, 0.05) is 22.2 Å². The number of rotatable bonds is 8. The largest absolute Gasteiger partial charge is 0.495 e. The second kappa shape index (κ2) is 11.2. The monoisotopic (exact) mass is 576 g/mol. The van der Waals surface area contributed by atoms with Crippen LogP contribution in [-0.2, 0) is 11.0 Å². The minimum Gasteiger partial charge on any atom is -0.495 e. The summed E-state index contributed by atoms with van der Waals surface area (Å²) in [6.45, 7) is 1.69. The van der Waals surface area contributed by atoms with Crippen LogP contribution in [0.2, 0.25) is 5.02 Å². The van der Waals surface area contributed by atoms with Crippen LogP contribution in [0.3, 0.4) is 0 Å². The Hall–Kier alpha value is -4.72. The van der Waals surface area contributed by atoms with Gasteiger partial charge in [0.15, 0.2) is 0 Å². The van der Waals surface area contributed by atoms with Gasteiger partial charge in [-0.15, -0.1) is 10.2 Å². The Morgan fingerprint density at radius 1 is 1.15 bits per heavy atom. The Bertz CT molecular complexity index is 1640. The van der Waals surface area contributed by atoms with Crippen LogP contribution >= 0.6 is 11.6 Å². The quantitative estimate of drug-likeness (QED) is 0.314. The summed E-state index contributed by atoms with van der Waals surface area (Å²) < 4.78 is 50.6. The molecular formula is C25H20ClF3N6O5. The maximum atomic E-state index is 13.3. The van der Waals surface area contributed by atoms with Crippen molar-refractivity contribution in [1.29, 1.82) is 0 Å². The van der Waals surface area contributed by atoms with Gasteiger partial charge in [-0.1, -0.05) is 18.5 Å². The average Bonchev–Trinajstić information content (AvgIpc) is 3.41. The highest BCUT2D eigenvalue weighted by Crippen LogP contribution is 2.39. The van der Waals surface area contributed by atoms with Crippen molar-refractivity contribution in [2.45, 2.75) is 25.6 Å². The number of carbonyl (C=O) groups excluding carboxylic acids is 2. The molecule has 0 fully saturated rings. The highest BCUT2D eigenvalue weighted by atomic mass is 35.5. The van der Waals surface area contributed by atoms with E-state index < -0.39 is 41.4 Å². The molecule has 2 amide bonds. The number of benzene rings is 1. The lowest BCUT2D eigenvalue weighted by atomic mass is 9.99. The molecule has 11 nitrogen and oxygen atoms in total. The molecule has 3 N–H and O–H groups in total. The normalized spacial score (nSPS) is 12.2. The van der Waals surface area contributed by atoms with E-state index in [1.807, 2.05) is 0 Å². The molecule has 0 aliphatic heterocycles. The van der Waals surface area contributed by atoms with E-state index in [0.29, 0.717) is 0 Å². The Kier molecular flexibility index (Phi) is 7.91. The zero-order valence-corrected chi connectivity index (χ0v) is 21.6. The molecule has 0 radical (unpaired) electrons. The number of hydrogen-bond donors (Lipinski definition) is 2. The molecule has 0 bridgehead atoms. The molecule has 15 heteroatoms. The minimum atomic E-state index is -4.86. The smallest absolute Gasteiger partial charge is 0.470 e. The van der Waals surface area contributed by atoms with Gasteiger partial charge in [0.05, 0.1) is 25.2 Å². The van der Waals surface area contributed by atoms with Crippen molar-refractivity contribution in [2.75, 3.05) is 12.4 Å². The lowest BCUT2D eigenvalue weighted by molar-refractivity contribution is -0.157.